The van der Waals surface area contributed by atoms with Gasteiger partial charge in [-0.05, 0) is 0 Å². The fourth-order valence-corrected chi connectivity index (χ4v) is 1.15. The van der Waals surface area contributed by atoms with Crippen LogP contribution in [0.15, 0.2) is 12.4 Å². The zero-order valence-corrected chi connectivity index (χ0v) is 9.67. The predicted octanol–water partition coefficient (Wildman–Crippen LogP) is -0.860. The van der Waals surface area contributed by atoms with Crippen LogP contribution in [0.5, 0.6) is 0 Å². The minimum absolute atomic E-state index is 0.0294. The molecule has 0 aliphatic heterocycles. The van der Waals surface area contributed by atoms with Gasteiger partial charge in [0.2, 0.25) is 0 Å². The zero-order valence-electron chi connectivity index (χ0n) is 9.67. The Morgan fingerprint density at radius 2 is 2.29 bits per heavy atom. The van der Waals surface area contributed by atoms with E-state index in [4.69, 9.17) is 15.6 Å². The van der Waals surface area contributed by atoms with Crippen molar-refractivity contribution in [3.05, 3.63) is 18.1 Å². The van der Waals surface area contributed by atoms with E-state index in [1.54, 1.807) is 7.05 Å². The van der Waals surface area contributed by atoms with Gasteiger partial charge in [-0.15, -0.1) is 0 Å². The van der Waals surface area contributed by atoms with E-state index in [0.29, 0.717) is 13.2 Å². The van der Waals surface area contributed by atoms with Gasteiger partial charge >= 0.3 is 0 Å². The van der Waals surface area contributed by atoms with Gasteiger partial charge in [0.15, 0.2) is 0 Å². The Morgan fingerprint density at radius 3 is 2.94 bits per heavy atom. The van der Waals surface area contributed by atoms with Crippen molar-refractivity contribution >= 4 is 11.7 Å². The van der Waals surface area contributed by atoms with Crippen LogP contribution >= 0.6 is 0 Å². The maximum Gasteiger partial charge on any atom is 0.273 e. The Balaban J connectivity index is 2.46. The summed E-state index contributed by atoms with van der Waals surface area (Å²) in [6, 6.07) is 0. The molecule has 0 saturated carbocycles. The summed E-state index contributed by atoms with van der Waals surface area (Å²) in [5.41, 5.74) is 5.64. The number of likely N-dealkylation sites (N-methyl/N-ethyl adjacent to an activating group) is 1. The SMILES string of the molecule is CN(CCOCCO)C(=O)c1cncc(N)n1. The van der Waals surface area contributed by atoms with Gasteiger partial charge in [0.25, 0.3) is 5.91 Å². The van der Waals surface area contributed by atoms with Crippen LogP contribution < -0.4 is 5.73 Å². The van der Waals surface area contributed by atoms with Crippen molar-refractivity contribution in [3.8, 4) is 0 Å². The quantitative estimate of drug-likeness (QED) is 0.627. The molecule has 1 rings (SSSR count). The van der Waals surface area contributed by atoms with E-state index >= 15 is 0 Å². The van der Waals surface area contributed by atoms with Crippen molar-refractivity contribution in [1.29, 1.82) is 0 Å². The molecule has 0 bridgehead atoms. The fourth-order valence-electron chi connectivity index (χ4n) is 1.15. The van der Waals surface area contributed by atoms with Gasteiger partial charge in [-0.3, -0.25) is 9.78 Å². The van der Waals surface area contributed by atoms with Gasteiger partial charge in [0, 0.05) is 13.6 Å². The summed E-state index contributed by atoms with van der Waals surface area (Å²) in [7, 11) is 1.63. The smallest absolute Gasteiger partial charge is 0.273 e. The zero-order chi connectivity index (χ0) is 12.7. The number of hydrogen-bond acceptors (Lipinski definition) is 6. The van der Waals surface area contributed by atoms with Crippen molar-refractivity contribution in [1.82, 2.24) is 14.9 Å². The summed E-state index contributed by atoms with van der Waals surface area (Å²) >= 11 is 0. The minimum Gasteiger partial charge on any atom is -0.394 e. The summed E-state index contributed by atoms with van der Waals surface area (Å²) in [6.07, 6.45) is 2.74. The molecular weight excluding hydrogens is 224 g/mol. The maximum absolute atomic E-state index is 11.8. The normalized spacial score (nSPS) is 10.2. The summed E-state index contributed by atoms with van der Waals surface area (Å²) in [5.74, 6) is -0.0572. The average Bonchev–Trinajstić information content (AvgIpc) is 2.33. The molecule has 0 atom stereocenters. The number of aliphatic hydroxyl groups excluding tert-OH is 1. The number of anilines is 1. The lowest BCUT2D eigenvalue weighted by Crippen LogP contribution is -2.31. The maximum atomic E-state index is 11.8. The van der Waals surface area contributed by atoms with Crippen molar-refractivity contribution in [3.63, 3.8) is 0 Å². The lowest BCUT2D eigenvalue weighted by atomic mass is 10.4. The first-order valence-corrected chi connectivity index (χ1v) is 5.16. The van der Waals surface area contributed by atoms with E-state index in [9.17, 15) is 4.79 Å². The van der Waals surface area contributed by atoms with Crippen LogP contribution in [0.25, 0.3) is 0 Å². The van der Waals surface area contributed by atoms with Gasteiger partial charge in [-0.25, -0.2) is 4.98 Å². The van der Waals surface area contributed by atoms with Crippen LogP contribution in [-0.2, 0) is 4.74 Å². The minimum atomic E-state index is -0.266. The molecule has 7 heteroatoms. The van der Waals surface area contributed by atoms with E-state index in [2.05, 4.69) is 9.97 Å². The Hall–Kier alpha value is -1.73. The number of nitrogens with two attached hydrogens (primary N) is 1. The standard InChI is InChI=1S/C10H16N4O3/c1-14(2-4-17-5-3-15)10(16)8-6-12-7-9(11)13-8/h6-7,15H,2-5H2,1H3,(H2,11,13). The molecule has 17 heavy (non-hydrogen) atoms. The average molecular weight is 240 g/mol. The second kappa shape index (κ2) is 6.77. The van der Waals surface area contributed by atoms with E-state index < -0.39 is 0 Å². The summed E-state index contributed by atoms with van der Waals surface area (Å²) in [5, 5.41) is 8.51. The summed E-state index contributed by atoms with van der Waals surface area (Å²) in [4.78, 5) is 21.0. The largest absolute Gasteiger partial charge is 0.394 e. The van der Waals surface area contributed by atoms with Crippen molar-refractivity contribution in [2.24, 2.45) is 0 Å². The highest BCUT2D eigenvalue weighted by Crippen LogP contribution is 2.01. The molecule has 1 amide bonds. The third-order valence-electron chi connectivity index (χ3n) is 2.03. The molecule has 0 aromatic carbocycles. The summed E-state index contributed by atoms with van der Waals surface area (Å²) in [6.45, 7) is 1.01. The van der Waals surface area contributed by atoms with Gasteiger partial charge in [0.05, 0.1) is 32.2 Å². The lowest BCUT2D eigenvalue weighted by Gasteiger charge is -2.16. The molecule has 1 heterocycles. The number of hydrogen-bond donors (Lipinski definition) is 2. The molecule has 0 saturated heterocycles. The molecule has 3 N–H and O–H groups in total. The lowest BCUT2D eigenvalue weighted by molar-refractivity contribution is 0.0614. The molecule has 1 aromatic rings. The first kappa shape index (κ1) is 13.3. The monoisotopic (exact) mass is 240 g/mol. The van der Waals surface area contributed by atoms with Crippen LogP contribution in [0.1, 0.15) is 10.5 Å². The van der Waals surface area contributed by atoms with Crippen LogP contribution in [0.2, 0.25) is 0 Å². The number of aliphatic hydroxyl groups is 1. The van der Waals surface area contributed by atoms with Crippen LogP contribution in [0.3, 0.4) is 0 Å². The third kappa shape index (κ3) is 4.33. The molecule has 7 nitrogen and oxygen atoms in total. The number of nitrogen functional groups attached to an aromatic ring is 1. The molecular formula is C10H16N4O3. The number of carbonyl (C=O) groups is 1. The Morgan fingerprint density at radius 1 is 1.53 bits per heavy atom. The Labute approximate surface area is 99.2 Å². The number of rotatable bonds is 6. The van der Waals surface area contributed by atoms with Crippen molar-refractivity contribution in [2.75, 3.05) is 39.1 Å². The Bertz CT molecular complexity index is 372. The van der Waals surface area contributed by atoms with Gasteiger partial charge in [-0.2, -0.15) is 0 Å². The second-order valence-corrected chi connectivity index (χ2v) is 3.39. The predicted molar refractivity (Wildman–Crippen MR) is 61.3 cm³/mol. The second-order valence-electron chi connectivity index (χ2n) is 3.39. The highest BCUT2D eigenvalue weighted by molar-refractivity contribution is 5.92. The number of carbonyl (C=O) groups excluding carboxylic acids is 1. The molecule has 94 valence electrons. The Kier molecular flexibility index (Phi) is 5.31. The van der Waals surface area contributed by atoms with E-state index in [-0.39, 0.29) is 30.6 Å². The topological polar surface area (TPSA) is 102 Å². The van der Waals surface area contributed by atoms with E-state index in [0.717, 1.165) is 0 Å². The van der Waals surface area contributed by atoms with Gasteiger partial charge in [-0.1, -0.05) is 0 Å². The third-order valence-corrected chi connectivity index (χ3v) is 2.03. The van der Waals surface area contributed by atoms with Crippen LogP contribution in [-0.4, -0.2) is 59.3 Å². The van der Waals surface area contributed by atoms with E-state index in [1.165, 1.54) is 17.3 Å². The number of aromatic nitrogens is 2. The van der Waals surface area contributed by atoms with Crippen LogP contribution in [0.4, 0.5) is 5.82 Å². The molecule has 0 radical (unpaired) electrons. The first-order chi connectivity index (χ1) is 8.15. The molecule has 0 fully saturated rings. The number of ether oxygens (including phenoxy) is 1. The highest BCUT2D eigenvalue weighted by Gasteiger charge is 2.13. The van der Waals surface area contributed by atoms with Gasteiger partial charge in [0.1, 0.15) is 11.5 Å². The molecule has 1 aromatic heterocycles. The van der Waals surface area contributed by atoms with Crippen LogP contribution in [0, 0.1) is 0 Å². The first-order valence-electron chi connectivity index (χ1n) is 5.16. The highest BCUT2D eigenvalue weighted by atomic mass is 16.5. The van der Waals surface area contributed by atoms with Crippen molar-refractivity contribution in [2.45, 2.75) is 0 Å². The van der Waals surface area contributed by atoms with Crippen molar-refractivity contribution < 1.29 is 14.6 Å². The van der Waals surface area contributed by atoms with E-state index in [1.807, 2.05) is 0 Å². The molecule has 0 spiro atoms. The molecule has 0 unspecified atom stereocenters. The number of amides is 1. The number of nitrogens with zero attached hydrogens (tertiary/aromatic N) is 3. The molecule has 0 aliphatic rings. The fraction of sp³-hybridized carbons (Fsp3) is 0.500. The molecule has 0 aliphatic carbocycles. The summed E-state index contributed by atoms with van der Waals surface area (Å²) < 4.78 is 5.06. The van der Waals surface area contributed by atoms with Gasteiger partial charge < -0.3 is 20.5 Å².